The van der Waals surface area contributed by atoms with Gasteiger partial charge >= 0.3 is 0 Å². The average molecular weight is 273 g/mol. The van der Waals surface area contributed by atoms with Gasteiger partial charge in [0.2, 0.25) is 0 Å². The van der Waals surface area contributed by atoms with Crippen LogP contribution in [-0.4, -0.2) is 23.7 Å². The van der Waals surface area contributed by atoms with E-state index in [9.17, 15) is 4.79 Å². The van der Waals surface area contributed by atoms with Crippen molar-refractivity contribution in [1.29, 1.82) is 0 Å². The van der Waals surface area contributed by atoms with Crippen LogP contribution in [0.25, 0.3) is 0 Å². The maximum Gasteiger partial charge on any atom is 0.252 e. The molecule has 0 spiro atoms. The lowest BCUT2D eigenvalue weighted by Gasteiger charge is -2.14. The van der Waals surface area contributed by atoms with E-state index in [1.807, 2.05) is 32.0 Å². The van der Waals surface area contributed by atoms with Crippen molar-refractivity contribution in [2.24, 2.45) is 0 Å². The molecule has 1 rings (SSSR count). The molecule has 20 heavy (non-hydrogen) atoms. The lowest BCUT2D eigenvalue weighted by Crippen LogP contribution is -2.33. The third-order valence-electron chi connectivity index (χ3n) is 3.09. The SMILES string of the molecule is CCCCC(C)NC(=O)c1cc(C)ccc1C#CCO. The van der Waals surface area contributed by atoms with Gasteiger partial charge in [-0.1, -0.05) is 43.2 Å². The fraction of sp³-hybridized carbons (Fsp3) is 0.471. The van der Waals surface area contributed by atoms with Crippen LogP contribution in [-0.2, 0) is 0 Å². The molecule has 0 fully saturated rings. The molecule has 1 unspecified atom stereocenters. The van der Waals surface area contributed by atoms with Gasteiger partial charge in [-0.25, -0.2) is 0 Å². The Labute approximate surface area is 121 Å². The molecule has 0 saturated carbocycles. The average Bonchev–Trinajstić information content (AvgIpc) is 2.43. The number of unbranched alkanes of at least 4 members (excludes halogenated alkanes) is 1. The number of aliphatic hydroxyl groups excluding tert-OH is 1. The summed E-state index contributed by atoms with van der Waals surface area (Å²) in [6.07, 6.45) is 3.20. The number of aliphatic hydroxyl groups is 1. The number of carbonyl (C=O) groups excluding carboxylic acids is 1. The van der Waals surface area contributed by atoms with Crippen molar-refractivity contribution in [2.45, 2.75) is 46.1 Å². The lowest BCUT2D eigenvalue weighted by atomic mass is 10.0. The topological polar surface area (TPSA) is 49.3 Å². The molecule has 1 aromatic carbocycles. The maximum atomic E-state index is 12.3. The lowest BCUT2D eigenvalue weighted by molar-refractivity contribution is 0.0937. The molecular weight excluding hydrogens is 250 g/mol. The first-order valence-corrected chi connectivity index (χ1v) is 7.09. The summed E-state index contributed by atoms with van der Waals surface area (Å²) < 4.78 is 0. The van der Waals surface area contributed by atoms with Gasteiger partial charge in [-0.05, 0) is 32.4 Å². The second-order valence-electron chi connectivity index (χ2n) is 5.03. The van der Waals surface area contributed by atoms with Crippen molar-refractivity contribution in [2.75, 3.05) is 6.61 Å². The van der Waals surface area contributed by atoms with Gasteiger partial charge in [-0.2, -0.15) is 0 Å². The number of rotatable bonds is 5. The molecular formula is C17H23NO2. The predicted molar refractivity (Wildman–Crippen MR) is 81.6 cm³/mol. The predicted octanol–water partition coefficient (Wildman–Crippen LogP) is 2.65. The normalized spacial score (nSPS) is 11.4. The molecule has 0 aliphatic rings. The van der Waals surface area contributed by atoms with Gasteiger partial charge < -0.3 is 10.4 Å². The van der Waals surface area contributed by atoms with E-state index in [2.05, 4.69) is 24.1 Å². The van der Waals surface area contributed by atoms with E-state index < -0.39 is 0 Å². The smallest absolute Gasteiger partial charge is 0.252 e. The van der Waals surface area contributed by atoms with Crippen molar-refractivity contribution in [3.63, 3.8) is 0 Å². The van der Waals surface area contributed by atoms with Crippen LogP contribution in [0.3, 0.4) is 0 Å². The Balaban J connectivity index is 2.88. The highest BCUT2D eigenvalue weighted by atomic mass is 16.2. The Morgan fingerprint density at radius 1 is 1.45 bits per heavy atom. The Morgan fingerprint density at radius 2 is 2.20 bits per heavy atom. The number of aryl methyl sites for hydroxylation is 1. The van der Waals surface area contributed by atoms with Crippen LogP contribution in [0.5, 0.6) is 0 Å². The Morgan fingerprint density at radius 3 is 2.85 bits per heavy atom. The summed E-state index contributed by atoms with van der Waals surface area (Å²) in [5, 5.41) is 11.8. The summed E-state index contributed by atoms with van der Waals surface area (Å²) >= 11 is 0. The fourth-order valence-corrected chi connectivity index (χ4v) is 1.97. The zero-order chi connectivity index (χ0) is 15.0. The summed E-state index contributed by atoms with van der Waals surface area (Å²) in [7, 11) is 0. The maximum absolute atomic E-state index is 12.3. The highest BCUT2D eigenvalue weighted by molar-refractivity contribution is 5.97. The van der Waals surface area contributed by atoms with Crippen molar-refractivity contribution in [3.05, 3.63) is 34.9 Å². The molecule has 0 aromatic heterocycles. The molecule has 1 atom stereocenters. The summed E-state index contributed by atoms with van der Waals surface area (Å²) in [6, 6.07) is 5.73. The first-order chi connectivity index (χ1) is 9.58. The molecule has 0 heterocycles. The quantitative estimate of drug-likeness (QED) is 0.810. The largest absolute Gasteiger partial charge is 0.384 e. The van der Waals surface area contributed by atoms with Crippen LogP contribution in [0.4, 0.5) is 0 Å². The number of hydrogen-bond donors (Lipinski definition) is 2. The number of benzene rings is 1. The van der Waals surface area contributed by atoms with Crippen LogP contribution in [0.15, 0.2) is 18.2 Å². The number of nitrogens with one attached hydrogen (secondary N) is 1. The molecule has 108 valence electrons. The molecule has 1 aromatic rings. The van der Waals surface area contributed by atoms with E-state index in [-0.39, 0.29) is 18.6 Å². The summed E-state index contributed by atoms with van der Waals surface area (Å²) in [5.41, 5.74) is 2.25. The molecule has 3 nitrogen and oxygen atoms in total. The standard InChI is InChI=1S/C17H23NO2/c1-4-5-7-14(3)18-17(20)16-12-13(2)9-10-15(16)8-6-11-19/h9-10,12,14,19H,4-5,7,11H2,1-3H3,(H,18,20). The Kier molecular flexibility index (Phi) is 6.83. The van der Waals surface area contributed by atoms with Gasteiger partial charge in [0, 0.05) is 11.6 Å². The summed E-state index contributed by atoms with van der Waals surface area (Å²) in [5.74, 6) is 5.32. The molecule has 0 radical (unpaired) electrons. The van der Waals surface area contributed by atoms with Crippen molar-refractivity contribution in [1.82, 2.24) is 5.32 Å². The number of hydrogen-bond acceptors (Lipinski definition) is 2. The Bertz CT molecular complexity index is 511. The van der Waals surface area contributed by atoms with Gasteiger partial charge in [-0.15, -0.1) is 0 Å². The molecule has 0 aliphatic heterocycles. The van der Waals surface area contributed by atoms with Crippen molar-refractivity contribution >= 4 is 5.91 Å². The molecule has 2 N–H and O–H groups in total. The molecule has 1 amide bonds. The van der Waals surface area contributed by atoms with Crippen LogP contribution < -0.4 is 5.32 Å². The Hall–Kier alpha value is -1.79. The first-order valence-electron chi connectivity index (χ1n) is 7.09. The van der Waals surface area contributed by atoms with Gasteiger partial charge in [0.25, 0.3) is 5.91 Å². The second kappa shape index (κ2) is 8.39. The highest BCUT2D eigenvalue weighted by Crippen LogP contribution is 2.12. The minimum Gasteiger partial charge on any atom is -0.384 e. The zero-order valence-electron chi connectivity index (χ0n) is 12.5. The van der Waals surface area contributed by atoms with E-state index in [1.54, 1.807) is 0 Å². The van der Waals surface area contributed by atoms with Crippen molar-refractivity contribution in [3.8, 4) is 11.8 Å². The summed E-state index contributed by atoms with van der Waals surface area (Å²) in [6.45, 7) is 5.89. The first kappa shape index (κ1) is 16.3. The van der Waals surface area contributed by atoms with Gasteiger partial charge in [0.05, 0.1) is 5.56 Å². The van der Waals surface area contributed by atoms with E-state index >= 15 is 0 Å². The van der Waals surface area contributed by atoms with Gasteiger partial charge in [0.15, 0.2) is 0 Å². The molecule has 0 saturated heterocycles. The van der Waals surface area contributed by atoms with E-state index in [0.29, 0.717) is 11.1 Å². The molecule has 0 bridgehead atoms. The monoisotopic (exact) mass is 273 g/mol. The fourth-order valence-electron chi connectivity index (χ4n) is 1.97. The number of carbonyl (C=O) groups is 1. The second-order valence-corrected chi connectivity index (χ2v) is 5.03. The van der Waals surface area contributed by atoms with Crippen molar-refractivity contribution < 1.29 is 9.90 Å². The van der Waals surface area contributed by atoms with Crippen LogP contribution in [0.1, 0.15) is 54.6 Å². The summed E-state index contributed by atoms with van der Waals surface area (Å²) in [4.78, 5) is 12.3. The zero-order valence-corrected chi connectivity index (χ0v) is 12.5. The van der Waals surface area contributed by atoms with E-state index in [0.717, 1.165) is 24.8 Å². The highest BCUT2D eigenvalue weighted by Gasteiger charge is 2.13. The minimum atomic E-state index is -0.207. The molecule has 0 aliphatic carbocycles. The molecule has 3 heteroatoms. The van der Waals surface area contributed by atoms with Crippen LogP contribution in [0.2, 0.25) is 0 Å². The third kappa shape index (κ3) is 5.07. The third-order valence-corrected chi connectivity index (χ3v) is 3.09. The van der Waals surface area contributed by atoms with Crippen LogP contribution >= 0.6 is 0 Å². The minimum absolute atomic E-state index is 0.0976. The van der Waals surface area contributed by atoms with Gasteiger partial charge in [0.1, 0.15) is 6.61 Å². The van der Waals surface area contributed by atoms with Gasteiger partial charge in [-0.3, -0.25) is 4.79 Å². The number of amides is 1. The van der Waals surface area contributed by atoms with Crippen LogP contribution in [0, 0.1) is 18.8 Å². The van der Waals surface area contributed by atoms with E-state index in [4.69, 9.17) is 5.11 Å². The van der Waals surface area contributed by atoms with E-state index in [1.165, 1.54) is 0 Å².